The largest absolute Gasteiger partial charge is 0.388 e. The zero-order chi connectivity index (χ0) is 13.7. The zero-order valence-corrected chi connectivity index (χ0v) is 11.1. The highest BCUT2D eigenvalue weighted by molar-refractivity contribution is 5.97. The van der Waals surface area contributed by atoms with Crippen LogP contribution in [0.3, 0.4) is 0 Å². The zero-order valence-electron chi connectivity index (χ0n) is 11.1. The van der Waals surface area contributed by atoms with E-state index in [0.29, 0.717) is 17.9 Å². The van der Waals surface area contributed by atoms with Crippen LogP contribution in [-0.4, -0.2) is 28.1 Å². The average Bonchev–Trinajstić information content (AvgIpc) is 2.62. The van der Waals surface area contributed by atoms with Crippen LogP contribution in [0.25, 0.3) is 0 Å². The molecule has 0 bridgehead atoms. The third-order valence-electron chi connectivity index (χ3n) is 3.69. The van der Waals surface area contributed by atoms with Gasteiger partial charge in [0.1, 0.15) is 5.82 Å². The molecule has 1 saturated carbocycles. The number of amides is 1. The molecule has 4 N–H and O–H groups in total. The van der Waals surface area contributed by atoms with Crippen LogP contribution in [0.1, 0.15) is 48.9 Å². The van der Waals surface area contributed by atoms with Crippen LogP contribution in [-0.2, 0) is 0 Å². The number of nitrogens with two attached hydrogens (primary N) is 1. The monoisotopic (exact) mass is 263 g/mol. The molecule has 0 spiro atoms. The number of anilines is 1. The van der Waals surface area contributed by atoms with Gasteiger partial charge in [0.05, 0.1) is 11.2 Å². The maximum Gasteiger partial charge on any atom is 0.252 e. The van der Waals surface area contributed by atoms with Gasteiger partial charge in [-0.15, -0.1) is 0 Å². The standard InChI is InChI=1S/C14H21N3O2/c15-12(18)11-6-5-9-16-13(11)17-10-14(19)7-3-1-2-4-8-14/h5-6,9,19H,1-4,7-8,10H2,(H2,15,18)(H,16,17). The van der Waals surface area contributed by atoms with E-state index in [1.165, 1.54) is 12.8 Å². The fourth-order valence-corrected chi connectivity index (χ4v) is 2.56. The van der Waals surface area contributed by atoms with Crippen molar-refractivity contribution < 1.29 is 9.90 Å². The fraction of sp³-hybridized carbons (Fsp3) is 0.571. The quantitative estimate of drug-likeness (QED) is 0.721. The molecular weight excluding hydrogens is 242 g/mol. The van der Waals surface area contributed by atoms with Crippen molar-refractivity contribution in [1.29, 1.82) is 0 Å². The number of carbonyl (C=O) groups excluding carboxylic acids is 1. The highest BCUT2D eigenvalue weighted by atomic mass is 16.3. The van der Waals surface area contributed by atoms with Crippen LogP contribution in [0.15, 0.2) is 18.3 Å². The normalized spacial score (nSPS) is 18.6. The van der Waals surface area contributed by atoms with Gasteiger partial charge in [0.15, 0.2) is 0 Å². The molecule has 1 fully saturated rings. The van der Waals surface area contributed by atoms with Crippen molar-refractivity contribution in [3.8, 4) is 0 Å². The first-order chi connectivity index (χ1) is 9.11. The number of pyridine rings is 1. The summed E-state index contributed by atoms with van der Waals surface area (Å²) in [6.07, 6.45) is 7.63. The summed E-state index contributed by atoms with van der Waals surface area (Å²) >= 11 is 0. The van der Waals surface area contributed by atoms with Crippen LogP contribution >= 0.6 is 0 Å². The molecule has 0 unspecified atom stereocenters. The molecular formula is C14H21N3O2. The van der Waals surface area contributed by atoms with Crippen LogP contribution in [0.2, 0.25) is 0 Å². The van der Waals surface area contributed by atoms with Crippen molar-refractivity contribution >= 4 is 11.7 Å². The summed E-state index contributed by atoms with van der Waals surface area (Å²) in [6, 6.07) is 3.31. The predicted molar refractivity (Wildman–Crippen MR) is 73.9 cm³/mol. The van der Waals surface area contributed by atoms with Crippen LogP contribution in [0.4, 0.5) is 5.82 Å². The summed E-state index contributed by atoms with van der Waals surface area (Å²) in [5, 5.41) is 13.6. The van der Waals surface area contributed by atoms with Crippen molar-refractivity contribution in [2.45, 2.75) is 44.1 Å². The highest BCUT2D eigenvalue weighted by Gasteiger charge is 2.28. The molecule has 1 aromatic rings. The molecule has 5 heteroatoms. The van der Waals surface area contributed by atoms with Crippen LogP contribution < -0.4 is 11.1 Å². The van der Waals surface area contributed by atoms with Crippen molar-refractivity contribution in [1.82, 2.24) is 4.98 Å². The summed E-state index contributed by atoms with van der Waals surface area (Å²) in [7, 11) is 0. The molecule has 1 aromatic heterocycles. The highest BCUT2D eigenvalue weighted by Crippen LogP contribution is 2.27. The Labute approximate surface area is 113 Å². The summed E-state index contributed by atoms with van der Waals surface area (Å²) in [5.41, 5.74) is 4.96. The van der Waals surface area contributed by atoms with E-state index in [1.807, 2.05) is 0 Å². The topological polar surface area (TPSA) is 88.2 Å². The van der Waals surface area contributed by atoms with Gasteiger partial charge in [0.25, 0.3) is 5.91 Å². The third-order valence-corrected chi connectivity index (χ3v) is 3.69. The molecule has 19 heavy (non-hydrogen) atoms. The summed E-state index contributed by atoms with van der Waals surface area (Å²) in [6.45, 7) is 0.407. The molecule has 0 atom stereocenters. The molecule has 1 heterocycles. The number of rotatable bonds is 4. The molecule has 5 nitrogen and oxygen atoms in total. The minimum absolute atomic E-state index is 0.361. The summed E-state index contributed by atoms with van der Waals surface area (Å²) in [5.74, 6) is -0.0591. The molecule has 0 radical (unpaired) electrons. The van der Waals surface area contributed by atoms with Gasteiger partial charge in [-0.2, -0.15) is 0 Å². The Bertz CT molecular complexity index is 440. The second kappa shape index (κ2) is 6.02. The van der Waals surface area contributed by atoms with Gasteiger partial charge < -0.3 is 16.2 Å². The first kappa shape index (κ1) is 13.8. The first-order valence-corrected chi connectivity index (χ1v) is 6.82. The molecule has 0 aliphatic heterocycles. The first-order valence-electron chi connectivity index (χ1n) is 6.82. The minimum Gasteiger partial charge on any atom is -0.388 e. The van der Waals surface area contributed by atoms with E-state index in [4.69, 9.17) is 5.73 Å². The Hall–Kier alpha value is -1.62. The van der Waals surface area contributed by atoms with E-state index in [2.05, 4.69) is 10.3 Å². The number of nitrogens with one attached hydrogen (secondary N) is 1. The molecule has 0 saturated heterocycles. The lowest BCUT2D eigenvalue weighted by Crippen LogP contribution is -2.37. The predicted octanol–water partition coefficient (Wildman–Crippen LogP) is 1.68. The second-order valence-corrected chi connectivity index (χ2v) is 5.26. The van der Waals surface area contributed by atoms with Gasteiger partial charge in [0.2, 0.25) is 0 Å². The number of carbonyl (C=O) groups is 1. The lowest BCUT2D eigenvalue weighted by molar-refractivity contribution is 0.0380. The van der Waals surface area contributed by atoms with Crippen LogP contribution in [0.5, 0.6) is 0 Å². The average molecular weight is 263 g/mol. The van der Waals surface area contributed by atoms with Gasteiger partial charge >= 0.3 is 0 Å². The number of nitrogens with zero attached hydrogens (tertiary/aromatic N) is 1. The van der Waals surface area contributed by atoms with Gasteiger partial charge in [-0.3, -0.25) is 4.79 Å². The molecule has 1 amide bonds. The van der Waals surface area contributed by atoms with Gasteiger partial charge in [-0.1, -0.05) is 25.7 Å². The van der Waals surface area contributed by atoms with Crippen molar-refractivity contribution in [3.63, 3.8) is 0 Å². The smallest absolute Gasteiger partial charge is 0.252 e. The Morgan fingerprint density at radius 1 is 1.37 bits per heavy atom. The number of hydrogen-bond donors (Lipinski definition) is 3. The summed E-state index contributed by atoms with van der Waals surface area (Å²) in [4.78, 5) is 15.4. The van der Waals surface area contributed by atoms with Gasteiger partial charge in [-0.05, 0) is 25.0 Å². The lowest BCUT2D eigenvalue weighted by atomic mass is 9.94. The van der Waals surface area contributed by atoms with E-state index in [-0.39, 0.29) is 0 Å². The molecule has 104 valence electrons. The lowest BCUT2D eigenvalue weighted by Gasteiger charge is -2.27. The third kappa shape index (κ3) is 3.67. The van der Waals surface area contributed by atoms with Crippen LogP contribution in [0, 0.1) is 0 Å². The van der Waals surface area contributed by atoms with Gasteiger partial charge in [0, 0.05) is 12.7 Å². The number of primary amides is 1. The van der Waals surface area contributed by atoms with Crippen molar-refractivity contribution in [2.24, 2.45) is 5.73 Å². The molecule has 1 aliphatic rings. The number of hydrogen-bond acceptors (Lipinski definition) is 4. The van der Waals surface area contributed by atoms with Gasteiger partial charge in [-0.25, -0.2) is 4.98 Å². The Morgan fingerprint density at radius 3 is 2.68 bits per heavy atom. The SMILES string of the molecule is NC(=O)c1cccnc1NCC1(O)CCCCCC1. The fourth-order valence-electron chi connectivity index (χ4n) is 2.56. The minimum atomic E-state index is -0.705. The van der Waals surface area contributed by atoms with Crippen molar-refractivity contribution in [3.05, 3.63) is 23.9 Å². The van der Waals surface area contributed by atoms with E-state index in [0.717, 1.165) is 25.7 Å². The Balaban J connectivity index is 2.03. The van der Waals surface area contributed by atoms with Crippen molar-refractivity contribution in [2.75, 3.05) is 11.9 Å². The Morgan fingerprint density at radius 2 is 2.05 bits per heavy atom. The summed E-state index contributed by atoms with van der Waals surface area (Å²) < 4.78 is 0. The number of aromatic nitrogens is 1. The van der Waals surface area contributed by atoms with E-state index >= 15 is 0 Å². The number of aliphatic hydroxyl groups is 1. The molecule has 2 rings (SSSR count). The molecule has 1 aliphatic carbocycles. The van der Waals surface area contributed by atoms with E-state index < -0.39 is 11.5 Å². The Kier molecular flexibility index (Phi) is 4.37. The van der Waals surface area contributed by atoms with E-state index in [9.17, 15) is 9.90 Å². The maximum atomic E-state index is 11.3. The van der Waals surface area contributed by atoms with E-state index in [1.54, 1.807) is 18.3 Å². The second-order valence-electron chi connectivity index (χ2n) is 5.26. The maximum absolute atomic E-state index is 11.3. The molecule has 0 aromatic carbocycles.